The highest BCUT2D eigenvalue weighted by molar-refractivity contribution is 5.18. The van der Waals surface area contributed by atoms with Gasteiger partial charge in [0.15, 0.2) is 0 Å². The molecule has 0 aromatic heterocycles. The van der Waals surface area contributed by atoms with Crippen LogP contribution >= 0.6 is 0 Å². The van der Waals surface area contributed by atoms with Gasteiger partial charge in [-0.15, -0.1) is 0 Å². The Morgan fingerprint density at radius 2 is 2.21 bits per heavy atom. The third kappa shape index (κ3) is 1.53. The molecule has 0 amide bonds. The molecular weight excluding hydrogens is 168 g/mol. The number of allylic oxidation sites excluding steroid dienone is 2. The van der Waals surface area contributed by atoms with Gasteiger partial charge in [-0.1, -0.05) is 52.2 Å². The molecule has 1 saturated carbocycles. The van der Waals surface area contributed by atoms with Crippen molar-refractivity contribution in [3.8, 4) is 0 Å². The van der Waals surface area contributed by atoms with Crippen molar-refractivity contribution in [1.29, 1.82) is 0 Å². The Morgan fingerprint density at radius 3 is 2.86 bits per heavy atom. The van der Waals surface area contributed by atoms with Crippen LogP contribution in [0.4, 0.5) is 0 Å². The number of fused-ring (bicyclic) bond motifs is 1. The molecule has 4 unspecified atom stereocenters. The second-order valence-corrected chi connectivity index (χ2v) is 5.54. The molecule has 0 saturated heterocycles. The molecule has 0 heteroatoms. The van der Waals surface area contributed by atoms with E-state index in [1.807, 2.05) is 0 Å². The Hall–Kier alpha value is -0.260. The number of rotatable bonds is 4. The van der Waals surface area contributed by atoms with Crippen molar-refractivity contribution >= 4 is 0 Å². The van der Waals surface area contributed by atoms with Crippen molar-refractivity contribution in [2.45, 2.75) is 52.9 Å². The van der Waals surface area contributed by atoms with Gasteiger partial charge in [0.05, 0.1) is 0 Å². The van der Waals surface area contributed by atoms with Crippen LogP contribution in [-0.4, -0.2) is 0 Å². The lowest BCUT2D eigenvalue weighted by Crippen LogP contribution is -2.25. The van der Waals surface area contributed by atoms with Gasteiger partial charge in [-0.25, -0.2) is 0 Å². The normalized spacial score (nSPS) is 41.9. The van der Waals surface area contributed by atoms with Gasteiger partial charge >= 0.3 is 0 Å². The molecule has 0 aliphatic heterocycles. The second-order valence-electron chi connectivity index (χ2n) is 5.54. The van der Waals surface area contributed by atoms with Crippen LogP contribution in [0.5, 0.6) is 0 Å². The fraction of sp³-hybridized carbons (Fsp3) is 0.857. The van der Waals surface area contributed by atoms with Crippen molar-refractivity contribution in [2.75, 3.05) is 0 Å². The van der Waals surface area contributed by atoms with Gasteiger partial charge < -0.3 is 0 Å². The van der Waals surface area contributed by atoms with E-state index >= 15 is 0 Å². The smallest absolute Gasteiger partial charge is 0.0171 e. The molecule has 2 aliphatic rings. The zero-order valence-electron chi connectivity index (χ0n) is 9.92. The van der Waals surface area contributed by atoms with Crippen molar-refractivity contribution in [1.82, 2.24) is 0 Å². The largest absolute Gasteiger partial charge is 0.0879 e. The molecule has 0 nitrogen and oxygen atoms in total. The van der Waals surface area contributed by atoms with Crippen molar-refractivity contribution < 1.29 is 0 Å². The van der Waals surface area contributed by atoms with E-state index in [9.17, 15) is 0 Å². The summed E-state index contributed by atoms with van der Waals surface area (Å²) in [6.45, 7) is 7.22. The highest BCUT2D eigenvalue weighted by Gasteiger charge is 2.55. The summed E-state index contributed by atoms with van der Waals surface area (Å²) >= 11 is 0. The van der Waals surface area contributed by atoms with Gasteiger partial charge in [-0.05, 0) is 36.0 Å². The lowest BCUT2D eigenvalue weighted by Gasteiger charge is -2.33. The maximum atomic E-state index is 2.52. The summed E-state index contributed by atoms with van der Waals surface area (Å²) in [5.74, 6) is 2.91. The van der Waals surface area contributed by atoms with Crippen molar-refractivity contribution in [3.63, 3.8) is 0 Å². The molecule has 0 spiro atoms. The fourth-order valence-electron chi connectivity index (χ4n) is 3.58. The van der Waals surface area contributed by atoms with E-state index < -0.39 is 0 Å². The van der Waals surface area contributed by atoms with E-state index in [4.69, 9.17) is 0 Å². The summed E-state index contributed by atoms with van der Waals surface area (Å²) < 4.78 is 0. The SMILES string of the molecule is CCCC(CC)C1CC=CC2CC21C. The first kappa shape index (κ1) is 10.3. The Labute approximate surface area is 88.8 Å². The lowest BCUT2D eigenvalue weighted by atomic mass is 9.72. The molecular formula is C14H24. The molecule has 0 bridgehead atoms. The average molecular weight is 192 g/mol. The van der Waals surface area contributed by atoms with Crippen molar-refractivity contribution in [2.24, 2.45) is 23.2 Å². The Morgan fingerprint density at radius 1 is 1.43 bits per heavy atom. The fourth-order valence-corrected chi connectivity index (χ4v) is 3.58. The molecule has 0 aromatic carbocycles. The predicted octanol–water partition coefficient (Wildman–Crippen LogP) is 4.42. The highest BCUT2D eigenvalue weighted by Crippen LogP contribution is 2.63. The van der Waals surface area contributed by atoms with Crippen LogP contribution in [0.2, 0.25) is 0 Å². The first-order chi connectivity index (χ1) is 6.72. The van der Waals surface area contributed by atoms with Crippen LogP contribution in [0.15, 0.2) is 12.2 Å². The van der Waals surface area contributed by atoms with Gasteiger partial charge in [-0.3, -0.25) is 0 Å². The minimum Gasteiger partial charge on any atom is -0.0879 e. The van der Waals surface area contributed by atoms with Crippen LogP contribution in [0.3, 0.4) is 0 Å². The van der Waals surface area contributed by atoms with E-state index in [0.29, 0.717) is 5.41 Å². The topological polar surface area (TPSA) is 0 Å². The Kier molecular flexibility index (Phi) is 2.72. The standard InChI is InChI=1S/C14H24/c1-4-7-11(5-2)13-9-6-8-12-10-14(12,13)3/h6,8,11-13H,4-5,7,9-10H2,1-3H3. The number of hydrogen-bond donors (Lipinski definition) is 0. The maximum Gasteiger partial charge on any atom is -0.0171 e. The van der Waals surface area contributed by atoms with E-state index in [2.05, 4.69) is 32.9 Å². The average Bonchev–Trinajstić information content (AvgIpc) is 2.86. The van der Waals surface area contributed by atoms with E-state index in [-0.39, 0.29) is 0 Å². The van der Waals surface area contributed by atoms with Crippen LogP contribution in [0.25, 0.3) is 0 Å². The highest BCUT2D eigenvalue weighted by atomic mass is 14.6. The summed E-state index contributed by atoms with van der Waals surface area (Å²) in [4.78, 5) is 0. The third-order valence-corrected chi connectivity index (χ3v) is 4.71. The minimum atomic E-state index is 0.699. The van der Waals surface area contributed by atoms with E-state index in [1.54, 1.807) is 0 Å². The summed E-state index contributed by atoms with van der Waals surface area (Å²) in [6, 6.07) is 0. The molecule has 0 heterocycles. The van der Waals surface area contributed by atoms with Gasteiger partial charge in [0, 0.05) is 0 Å². The van der Waals surface area contributed by atoms with Gasteiger partial charge in [0.2, 0.25) is 0 Å². The van der Waals surface area contributed by atoms with E-state index in [1.165, 1.54) is 32.1 Å². The molecule has 4 atom stereocenters. The van der Waals surface area contributed by atoms with Crippen LogP contribution < -0.4 is 0 Å². The first-order valence-electron chi connectivity index (χ1n) is 6.39. The second kappa shape index (κ2) is 3.72. The maximum absolute atomic E-state index is 2.52. The van der Waals surface area contributed by atoms with Crippen LogP contribution in [-0.2, 0) is 0 Å². The predicted molar refractivity (Wildman–Crippen MR) is 62.2 cm³/mol. The van der Waals surface area contributed by atoms with E-state index in [0.717, 1.165) is 17.8 Å². The quantitative estimate of drug-likeness (QED) is 0.579. The zero-order valence-corrected chi connectivity index (χ0v) is 9.92. The third-order valence-electron chi connectivity index (χ3n) is 4.71. The van der Waals surface area contributed by atoms with Gasteiger partial charge in [0.25, 0.3) is 0 Å². The summed E-state index contributed by atoms with van der Waals surface area (Å²) in [5.41, 5.74) is 0.699. The van der Waals surface area contributed by atoms with Crippen LogP contribution in [0, 0.1) is 23.2 Å². The molecule has 1 fully saturated rings. The van der Waals surface area contributed by atoms with Crippen molar-refractivity contribution in [3.05, 3.63) is 12.2 Å². The monoisotopic (exact) mass is 192 g/mol. The molecule has 80 valence electrons. The summed E-state index contributed by atoms with van der Waals surface area (Å²) in [6.07, 6.45) is 11.9. The minimum absolute atomic E-state index is 0.699. The van der Waals surface area contributed by atoms with Gasteiger partial charge in [0.1, 0.15) is 0 Å². The first-order valence-corrected chi connectivity index (χ1v) is 6.39. The summed E-state index contributed by atoms with van der Waals surface area (Å²) in [7, 11) is 0. The molecule has 0 N–H and O–H groups in total. The molecule has 0 radical (unpaired) electrons. The Balaban J connectivity index is 2.05. The molecule has 14 heavy (non-hydrogen) atoms. The zero-order chi connectivity index (χ0) is 10.2. The van der Waals surface area contributed by atoms with Crippen LogP contribution in [0.1, 0.15) is 52.9 Å². The molecule has 0 aromatic rings. The molecule has 2 aliphatic carbocycles. The Bertz CT molecular complexity index is 228. The molecule has 2 rings (SSSR count). The lowest BCUT2D eigenvalue weighted by molar-refractivity contribution is 0.189. The number of hydrogen-bond acceptors (Lipinski definition) is 0. The summed E-state index contributed by atoms with van der Waals surface area (Å²) in [5, 5.41) is 0. The van der Waals surface area contributed by atoms with Gasteiger partial charge in [-0.2, -0.15) is 0 Å².